The Labute approximate surface area is 170 Å². The highest BCUT2D eigenvalue weighted by Crippen LogP contribution is 2.30. The smallest absolute Gasteiger partial charge is 0.262 e. The van der Waals surface area contributed by atoms with Crippen LogP contribution in [0.2, 0.25) is 0 Å². The van der Waals surface area contributed by atoms with Gasteiger partial charge in [0.15, 0.2) is 0 Å². The number of aryl methyl sites for hydroxylation is 1. The van der Waals surface area contributed by atoms with Crippen molar-refractivity contribution in [3.63, 3.8) is 0 Å². The molecule has 0 aliphatic rings. The van der Waals surface area contributed by atoms with E-state index in [1.54, 1.807) is 0 Å². The SMILES string of the molecule is Cc1cc(NC(=O)C(C)(C)C)sc1C(=O)NC(C)c1cccc2ccccc12. The van der Waals surface area contributed by atoms with E-state index in [1.165, 1.54) is 11.3 Å². The Morgan fingerprint density at radius 1 is 1.04 bits per heavy atom. The van der Waals surface area contributed by atoms with E-state index in [-0.39, 0.29) is 17.9 Å². The molecule has 146 valence electrons. The van der Waals surface area contributed by atoms with Crippen molar-refractivity contribution in [2.45, 2.75) is 40.7 Å². The molecule has 0 aliphatic carbocycles. The highest BCUT2D eigenvalue weighted by Gasteiger charge is 2.23. The number of nitrogens with one attached hydrogen (secondary N) is 2. The molecule has 0 saturated carbocycles. The van der Waals surface area contributed by atoms with Gasteiger partial charge in [0.2, 0.25) is 5.91 Å². The summed E-state index contributed by atoms with van der Waals surface area (Å²) in [6, 6.07) is 16.0. The zero-order chi connectivity index (χ0) is 20.5. The van der Waals surface area contributed by atoms with Gasteiger partial charge in [-0.05, 0) is 41.8 Å². The number of carbonyl (C=O) groups is 2. The fourth-order valence-electron chi connectivity index (χ4n) is 3.04. The first-order chi connectivity index (χ1) is 13.2. The number of rotatable bonds is 4. The molecule has 3 rings (SSSR count). The number of fused-ring (bicyclic) bond motifs is 1. The summed E-state index contributed by atoms with van der Waals surface area (Å²) in [5, 5.41) is 8.99. The number of benzene rings is 2. The van der Waals surface area contributed by atoms with Gasteiger partial charge in [-0.15, -0.1) is 11.3 Å². The van der Waals surface area contributed by atoms with E-state index in [0.717, 1.165) is 21.9 Å². The van der Waals surface area contributed by atoms with E-state index in [2.05, 4.69) is 28.8 Å². The van der Waals surface area contributed by atoms with E-state index >= 15 is 0 Å². The fraction of sp³-hybridized carbons (Fsp3) is 0.304. The maximum atomic E-state index is 12.9. The van der Waals surface area contributed by atoms with Gasteiger partial charge in [-0.25, -0.2) is 0 Å². The Bertz CT molecular complexity index is 1030. The Kier molecular flexibility index (Phi) is 5.57. The van der Waals surface area contributed by atoms with Crippen LogP contribution in [0.4, 0.5) is 5.00 Å². The Balaban J connectivity index is 1.78. The third-order valence-corrected chi connectivity index (χ3v) is 5.83. The molecule has 1 unspecified atom stereocenters. The summed E-state index contributed by atoms with van der Waals surface area (Å²) in [5.74, 6) is -0.191. The van der Waals surface area contributed by atoms with Gasteiger partial charge in [0, 0.05) is 5.41 Å². The minimum absolute atomic E-state index is 0.0650. The number of anilines is 1. The minimum Gasteiger partial charge on any atom is -0.345 e. The summed E-state index contributed by atoms with van der Waals surface area (Å²) in [7, 11) is 0. The highest BCUT2D eigenvalue weighted by molar-refractivity contribution is 7.18. The highest BCUT2D eigenvalue weighted by atomic mass is 32.1. The van der Waals surface area contributed by atoms with Crippen molar-refractivity contribution in [1.82, 2.24) is 5.32 Å². The predicted molar refractivity (Wildman–Crippen MR) is 117 cm³/mol. The monoisotopic (exact) mass is 394 g/mol. The molecule has 0 aliphatic heterocycles. The van der Waals surface area contributed by atoms with Crippen LogP contribution in [0.25, 0.3) is 10.8 Å². The molecule has 0 spiro atoms. The second kappa shape index (κ2) is 7.76. The molecule has 0 radical (unpaired) electrons. The summed E-state index contributed by atoms with van der Waals surface area (Å²) in [5.41, 5.74) is 1.46. The second-order valence-electron chi connectivity index (χ2n) is 8.09. The average molecular weight is 395 g/mol. The average Bonchev–Trinajstić information content (AvgIpc) is 3.00. The Morgan fingerprint density at radius 3 is 2.43 bits per heavy atom. The normalized spacial score (nSPS) is 12.6. The first-order valence-corrected chi connectivity index (χ1v) is 10.2. The zero-order valence-corrected chi connectivity index (χ0v) is 17.7. The van der Waals surface area contributed by atoms with E-state index in [1.807, 2.05) is 65.0 Å². The summed E-state index contributed by atoms with van der Waals surface area (Å²) < 4.78 is 0. The van der Waals surface area contributed by atoms with Crippen LogP contribution in [0.3, 0.4) is 0 Å². The van der Waals surface area contributed by atoms with Crippen LogP contribution < -0.4 is 10.6 Å². The lowest BCUT2D eigenvalue weighted by Crippen LogP contribution is -2.27. The van der Waals surface area contributed by atoms with Crippen LogP contribution in [0, 0.1) is 12.3 Å². The summed E-state index contributed by atoms with van der Waals surface area (Å²) in [6.07, 6.45) is 0. The van der Waals surface area contributed by atoms with Crippen molar-refractivity contribution in [3.05, 3.63) is 64.5 Å². The van der Waals surface area contributed by atoms with Gasteiger partial charge in [-0.1, -0.05) is 63.2 Å². The van der Waals surface area contributed by atoms with E-state index in [9.17, 15) is 9.59 Å². The Hall–Kier alpha value is -2.66. The molecule has 0 bridgehead atoms. The quantitative estimate of drug-likeness (QED) is 0.597. The maximum Gasteiger partial charge on any atom is 0.262 e. The summed E-state index contributed by atoms with van der Waals surface area (Å²) in [4.78, 5) is 25.7. The molecule has 0 saturated heterocycles. The molecule has 4 nitrogen and oxygen atoms in total. The fourth-order valence-corrected chi connectivity index (χ4v) is 4.01. The summed E-state index contributed by atoms with van der Waals surface area (Å²) >= 11 is 1.31. The van der Waals surface area contributed by atoms with Crippen LogP contribution in [0.5, 0.6) is 0 Å². The molecule has 28 heavy (non-hydrogen) atoms. The Morgan fingerprint density at radius 2 is 1.71 bits per heavy atom. The number of carbonyl (C=O) groups excluding carboxylic acids is 2. The standard InChI is InChI=1S/C23H26N2O2S/c1-14-13-19(25-22(27)23(3,4)5)28-20(14)21(26)24-15(2)17-12-8-10-16-9-6-7-11-18(16)17/h6-13,15H,1-5H3,(H,24,26)(H,25,27). The largest absolute Gasteiger partial charge is 0.345 e. The lowest BCUT2D eigenvalue weighted by Gasteiger charge is -2.17. The van der Waals surface area contributed by atoms with Gasteiger partial charge in [-0.3, -0.25) is 9.59 Å². The van der Waals surface area contributed by atoms with Gasteiger partial charge >= 0.3 is 0 Å². The lowest BCUT2D eigenvalue weighted by molar-refractivity contribution is -0.123. The minimum atomic E-state index is -0.483. The number of amides is 2. The van der Waals surface area contributed by atoms with Gasteiger partial charge in [-0.2, -0.15) is 0 Å². The first kappa shape index (κ1) is 20.1. The van der Waals surface area contributed by atoms with Crippen molar-refractivity contribution in [2.24, 2.45) is 5.41 Å². The first-order valence-electron chi connectivity index (χ1n) is 9.37. The lowest BCUT2D eigenvalue weighted by atomic mass is 9.96. The van der Waals surface area contributed by atoms with Gasteiger partial charge in [0.05, 0.1) is 15.9 Å². The number of hydrogen-bond acceptors (Lipinski definition) is 3. The molecule has 3 aromatic rings. The van der Waals surface area contributed by atoms with Crippen LogP contribution >= 0.6 is 11.3 Å². The third-order valence-electron chi connectivity index (χ3n) is 4.68. The van der Waals surface area contributed by atoms with Crippen molar-refractivity contribution in [2.75, 3.05) is 5.32 Å². The van der Waals surface area contributed by atoms with Gasteiger partial charge in [0.1, 0.15) is 0 Å². The van der Waals surface area contributed by atoms with Crippen molar-refractivity contribution in [1.29, 1.82) is 0 Å². The summed E-state index contributed by atoms with van der Waals surface area (Å²) in [6.45, 7) is 9.47. The molecule has 0 fully saturated rings. The second-order valence-corrected chi connectivity index (χ2v) is 9.14. The van der Waals surface area contributed by atoms with E-state index < -0.39 is 5.41 Å². The van der Waals surface area contributed by atoms with Crippen LogP contribution in [0.1, 0.15) is 54.5 Å². The molecule has 1 heterocycles. The van der Waals surface area contributed by atoms with Crippen LogP contribution in [-0.2, 0) is 4.79 Å². The molecule has 2 N–H and O–H groups in total. The predicted octanol–water partition coefficient (Wildman–Crippen LogP) is 5.69. The number of hydrogen-bond donors (Lipinski definition) is 2. The van der Waals surface area contributed by atoms with Crippen LogP contribution in [0.15, 0.2) is 48.5 Å². The van der Waals surface area contributed by atoms with Gasteiger partial charge in [0.25, 0.3) is 5.91 Å². The van der Waals surface area contributed by atoms with E-state index in [0.29, 0.717) is 9.88 Å². The zero-order valence-electron chi connectivity index (χ0n) is 16.9. The van der Waals surface area contributed by atoms with Crippen LogP contribution in [-0.4, -0.2) is 11.8 Å². The van der Waals surface area contributed by atoms with Gasteiger partial charge < -0.3 is 10.6 Å². The van der Waals surface area contributed by atoms with Crippen molar-refractivity contribution >= 4 is 38.9 Å². The molecular weight excluding hydrogens is 368 g/mol. The molecule has 1 aromatic heterocycles. The maximum absolute atomic E-state index is 12.9. The molecule has 5 heteroatoms. The third kappa shape index (κ3) is 4.25. The molecule has 2 amide bonds. The number of thiophene rings is 1. The van der Waals surface area contributed by atoms with Crippen molar-refractivity contribution in [3.8, 4) is 0 Å². The molecule has 2 aromatic carbocycles. The van der Waals surface area contributed by atoms with E-state index in [4.69, 9.17) is 0 Å². The molecular formula is C23H26N2O2S. The van der Waals surface area contributed by atoms with Crippen molar-refractivity contribution < 1.29 is 9.59 Å². The molecule has 1 atom stereocenters. The topological polar surface area (TPSA) is 58.2 Å².